The lowest BCUT2D eigenvalue weighted by Crippen LogP contribution is -2.07. The fourth-order valence-corrected chi connectivity index (χ4v) is 7.57. The Morgan fingerprint density at radius 2 is 0.692 bits per heavy atom. The van der Waals surface area contributed by atoms with Gasteiger partial charge in [0.15, 0.2) is 11.6 Å². The number of allylic oxidation sites excluding steroid dienone is 2. The fraction of sp³-hybridized carbons (Fsp3) is 0. The van der Waals surface area contributed by atoms with Crippen LogP contribution in [0.25, 0.3) is 11.5 Å². The first-order valence-corrected chi connectivity index (χ1v) is 18.1. The summed E-state index contributed by atoms with van der Waals surface area (Å²) in [4.78, 5) is 31.5. The highest BCUT2D eigenvalue weighted by Gasteiger charge is 2.18. The van der Waals surface area contributed by atoms with Gasteiger partial charge in [0.25, 0.3) is 0 Å². The van der Waals surface area contributed by atoms with Crippen LogP contribution in [0.1, 0.15) is 30.5 Å². The number of anilines is 6. The van der Waals surface area contributed by atoms with E-state index in [4.69, 9.17) is 0 Å². The minimum atomic E-state index is -0.402. The van der Waals surface area contributed by atoms with Crippen LogP contribution in [-0.4, -0.2) is 21.8 Å². The first-order valence-electron chi connectivity index (χ1n) is 16.5. The van der Waals surface area contributed by atoms with E-state index in [2.05, 4.69) is 9.80 Å². The van der Waals surface area contributed by atoms with E-state index >= 15 is 0 Å². The monoisotopic (exact) mass is 716 g/mol. The molecule has 0 fully saturated rings. The lowest BCUT2D eigenvalue weighted by molar-refractivity contribution is 0.103. The molecule has 0 spiro atoms. The third-order valence-corrected chi connectivity index (χ3v) is 10.4. The summed E-state index contributed by atoms with van der Waals surface area (Å²) in [5.41, 5.74) is 4.51. The number of aliphatic hydroxyl groups excluding tert-OH is 2. The zero-order valence-corrected chi connectivity index (χ0v) is 29.4. The summed E-state index contributed by atoms with van der Waals surface area (Å²) < 4.78 is 0. The number of ketones is 2. The Kier molecular flexibility index (Phi) is 10.2. The van der Waals surface area contributed by atoms with Gasteiger partial charge >= 0.3 is 0 Å². The number of carbonyl (C=O) groups is 2. The van der Waals surface area contributed by atoms with Gasteiger partial charge in [-0.05, 0) is 72.8 Å². The standard InChI is InChI=1S/C44H32N2O4S2/c47-37(29-39(49)41-25-27-43(51-41)45(33-13-5-1-6-14-33)34-15-7-2-8-16-34)31-21-23-32(24-22-31)38(48)30-40(50)42-26-28-44(52-42)46(35-17-9-3-10-18-35)36-19-11-4-12-20-36/h1-30,49-50H/b39-29-,40-30-. The van der Waals surface area contributed by atoms with Crippen molar-refractivity contribution in [3.05, 3.63) is 203 Å². The molecule has 52 heavy (non-hydrogen) atoms. The summed E-state index contributed by atoms with van der Waals surface area (Å²) in [6.07, 6.45) is 2.38. The molecule has 8 heteroatoms. The van der Waals surface area contributed by atoms with Gasteiger partial charge in [0.1, 0.15) is 21.5 Å². The Hall–Kier alpha value is -6.48. The number of aliphatic hydroxyl groups is 2. The van der Waals surface area contributed by atoms with E-state index in [-0.39, 0.29) is 11.5 Å². The van der Waals surface area contributed by atoms with Crippen molar-refractivity contribution < 1.29 is 19.8 Å². The molecule has 0 bridgehead atoms. The van der Waals surface area contributed by atoms with Crippen molar-refractivity contribution in [2.75, 3.05) is 9.80 Å². The number of rotatable bonds is 12. The van der Waals surface area contributed by atoms with Gasteiger partial charge in [0, 0.05) is 46.0 Å². The van der Waals surface area contributed by atoms with Gasteiger partial charge in [-0.25, -0.2) is 0 Å². The van der Waals surface area contributed by atoms with Crippen LogP contribution >= 0.6 is 22.7 Å². The molecule has 5 aromatic carbocycles. The second kappa shape index (κ2) is 15.6. The van der Waals surface area contributed by atoms with Crippen LogP contribution in [0.3, 0.4) is 0 Å². The molecule has 0 radical (unpaired) electrons. The number of nitrogens with zero attached hydrogens (tertiary/aromatic N) is 2. The maximum atomic E-state index is 13.1. The van der Waals surface area contributed by atoms with Crippen molar-refractivity contribution in [2.24, 2.45) is 0 Å². The van der Waals surface area contributed by atoms with E-state index in [0.29, 0.717) is 20.9 Å². The van der Waals surface area contributed by atoms with E-state index in [0.717, 1.165) is 32.8 Å². The second-order valence-corrected chi connectivity index (χ2v) is 13.8. The van der Waals surface area contributed by atoms with E-state index < -0.39 is 11.6 Å². The highest BCUT2D eigenvalue weighted by atomic mass is 32.1. The fourth-order valence-electron chi connectivity index (χ4n) is 5.64. The molecule has 2 N–H and O–H groups in total. The van der Waals surface area contributed by atoms with Crippen LogP contribution in [0.5, 0.6) is 0 Å². The van der Waals surface area contributed by atoms with E-state index in [1.54, 1.807) is 12.1 Å². The van der Waals surface area contributed by atoms with Crippen molar-refractivity contribution in [1.29, 1.82) is 0 Å². The van der Waals surface area contributed by atoms with E-state index in [1.165, 1.54) is 59.1 Å². The normalized spacial score (nSPS) is 11.6. The molecule has 2 aromatic heterocycles. The van der Waals surface area contributed by atoms with Crippen LogP contribution < -0.4 is 9.80 Å². The summed E-state index contributed by atoms with van der Waals surface area (Å²) in [7, 11) is 0. The first-order chi connectivity index (χ1) is 25.4. The van der Waals surface area contributed by atoms with Crippen LogP contribution in [0, 0.1) is 0 Å². The molecule has 6 nitrogen and oxygen atoms in total. The zero-order valence-electron chi connectivity index (χ0n) is 27.7. The van der Waals surface area contributed by atoms with Crippen molar-refractivity contribution in [2.45, 2.75) is 0 Å². The Labute approximate surface area is 309 Å². The van der Waals surface area contributed by atoms with Crippen LogP contribution in [-0.2, 0) is 0 Å². The van der Waals surface area contributed by atoms with Crippen molar-refractivity contribution >= 4 is 78.5 Å². The van der Waals surface area contributed by atoms with Gasteiger partial charge in [-0.15, -0.1) is 22.7 Å². The van der Waals surface area contributed by atoms with Gasteiger partial charge < -0.3 is 20.0 Å². The maximum Gasteiger partial charge on any atom is 0.189 e. The minimum absolute atomic E-state index is 0.149. The molecule has 0 atom stereocenters. The number of hydrogen-bond acceptors (Lipinski definition) is 8. The topological polar surface area (TPSA) is 81.1 Å². The molecule has 0 saturated heterocycles. The SMILES string of the molecule is O=C(/C=C(\O)c1ccc(N(c2ccccc2)c2ccccc2)s1)c1ccc(C(=O)/C=C(\O)c2ccc(N(c3ccccc3)c3ccccc3)s2)cc1. The highest BCUT2D eigenvalue weighted by molar-refractivity contribution is 7.17. The van der Waals surface area contributed by atoms with Crippen molar-refractivity contribution in [1.82, 2.24) is 0 Å². The van der Waals surface area contributed by atoms with Gasteiger partial charge in [-0.3, -0.25) is 9.59 Å². The van der Waals surface area contributed by atoms with Crippen molar-refractivity contribution in [3.8, 4) is 0 Å². The van der Waals surface area contributed by atoms with Crippen LogP contribution in [0.15, 0.2) is 182 Å². The molecule has 0 saturated carbocycles. The molecule has 0 aliphatic rings. The molecule has 254 valence electrons. The van der Waals surface area contributed by atoms with Gasteiger partial charge in [-0.1, -0.05) is 97.1 Å². The van der Waals surface area contributed by atoms with E-state index in [9.17, 15) is 19.8 Å². The lowest BCUT2D eigenvalue weighted by atomic mass is 10.0. The number of thiophene rings is 2. The summed E-state index contributed by atoms with van der Waals surface area (Å²) >= 11 is 2.73. The second-order valence-electron chi connectivity index (χ2n) is 11.7. The van der Waals surface area contributed by atoms with Crippen molar-refractivity contribution in [3.63, 3.8) is 0 Å². The summed E-state index contributed by atoms with van der Waals surface area (Å²) in [6.45, 7) is 0. The van der Waals surface area contributed by atoms with Gasteiger partial charge in [0.05, 0.1) is 9.75 Å². The number of hydrogen-bond donors (Lipinski definition) is 2. The number of benzene rings is 5. The first kappa shape index (κ1) is 34.0. The predicted octanol–water partition coefficient (Wildman–Crippen LogP) is 12.3. The molecule has 7 rings (SSSR count). The summed E-state index contributed by atoms with van der Waals surface area (Å²) in [6, 6.07) is 53.3. The number of para-hydroxylation sites is 4. The van der Waals surface area contributed by atoms with E-state index in [1.807, 2.05) is 133 Å². The maximum absolute atomic E-state index is 13.1. The minimum Gasteiger partial charge on any atom is -0.506 e. The molecule has 7 aromatic rings. The third-order valence-electron chi connectivity index (χ3n) is 8.18. The molecule has 0 amide bonds. The summed E-state index contributed by atoms with van der Waals surface area (Å²) in [5.74, 6) is -1.10. The Morgan fingerprint density at radius 1 is 0.404 bits per heavy atom. The molecule has 0 aliphatic carbocycles. The van der Waals surface area contributed by atoms with Crippen LogP contribution in [0.2, 0.25) is 0 Å². The Balaban J connectivity index is 1.05. The molecule has 0 unspecified atom stereocenters. The highest BCUT2D eigenvalue weighted by Crippen LogP contribution is 2.41. The van der Waals surface area contributed by atoms with Gasteiger partial charge in [0.2, 0.25) is 0 Å². The molecular formula is C44H32N2O4S2. The lowest BCUT2D eigenvalue weighted by Gasteiger charge is -2.23. The largest absolute Gasteiger partial charge is 0.506 e. The average molecular weight is 717 g/mol. The molecular weight excluding hydrogens is 685 g/mol. The zero-order chi connectivity index (χ0) is 35.9. The average Bonchev–Trinajstić information content (AvgIpc) is 3.88. The summed E-state index contributed by atoms with van der Waals surface area (Å²) in [5, 5.41) is 23.6. The molecule has 2 heterocycles. The third kappa shape index (κ3) is 7.63. The quantitative estimate of drug-likeness (QED) is 0.0744. The molecule has 0 aliphatic heterocycles. The van der Waals surface area contributed by atoms with Crippen LogP contribution in [0.4, 0.5) is 32.8 Å². The van der Waals surface area contributed by atoms with Gasteiger partial charge in [-0.2, -0.15) is 0 Å². The Bertz CT molecular complexity index is 2100. The predicted molar refractivity (Wildman–Crippen MR) is 214 cm³/mol. The number of carbonyl (C=O) groups excluding carboxylic acids is 2. The smallest absolute Gasteiger partial charge is 0.189 e. The Morgan fingerprint density at radius 3 is 0.981 bits per heavy atom.